The van der Waals surface area contributed by atoms with Gasteiger partial charge in [-0.05, 0) is 38.2 Å². The van der Waals surface area contributed by atoms with Crippen LogP contribution in [0.2, 0.25) is 0 Å². The molecule has 20 heavy (non-hydrogen) atoms. The van der Waals surface area contributed by atoms with Gasteiger partial charge in [-0.15, -0.1) is 0 Å². The molecule has 1 aromatic rings. The summed E-state index contributed by atoms with van der Waals surface area (Å²) in [6, 6.07) is 3.23. The predicted octanol–water partition coefficient (Wildman–Crippen LogP) is 2.32. The number of anilines is 1. The van der Waals surface area contributed by atoms with Crippen LogP contribution in [0.4, 0.5) is 5.82 Å². The lowest BCUT2D eigenvalue weighted by Crippen LogP contribution is -2.36. The molecule has 0 amide bonds. The molecular weight excluding hydrogens is 274 g/mol. The van der Waals surface area contributed by atoms with Crippen LogP contribution >= 0.6 is 0 Å². The van der Waals surface area contributed by atoms with E-state index in [2.05, 4.69) is 17.2 Å². The van der Waals surface area contributed by atoms with Crippen LogP contribution in [0.1, 0.15) is 33.1 Å². The second kappa shape index (κ2) is 6.10. The molecule has 2 rings (SSSR count). The highest BCUT2D eigenvalue weighted by Gasteiger charge is 2.36. The van der Waals surface area contributed by atoms with E-state index in [0.29, 0.717) is 16.6 Å². The maximum absolute atomic E-state index is 12.6. The number of hydrogen-bond acceptors (Lipinski definition) is 4. The Bertz CT molecular complexity index is 555. The molecule has 1 aromatic heterocycles. The topological polar surface area (TPSA) is 62.3 Å². The van der Waals surface area contributed by atoms with E-state index in [1.54, 1.807) is 25.4 Å². The summed E-state index contributed by atoms with van der Waals surface area (Å²) in [5.41, 5.74) is 0. The zero-order chi connectivity index (χ0) is 14.8. The van der Waals surface area contributed by atoms with E-state index in [-0.39, 0.29) is 6.04 Å². The third-order valence-corrected chi connectivity index (χ3v) is 5.78. The van der Waals surface area contributed by atoms with Crippen molar-refractivity contribution in [2.45, 2.75) is 44.0 Å². The minimum atomic E-state index is -3.44. The van der Waals surface area contributed by atoms with Crippen molar-refractivity contribution >= 4 is 15.8 Å². The first kappa shape index (κ1) is 15.3. The average molecular weight is 297 g/mol. The lowest BCUT2D eigenvalue weighted by atomic mass is 10.2. The van der Waals surface area contributed by atoms with E-state index in [0.717, 1.165) is 25.8 Å². The number of nitrogens with zero attached hydrogens (tertiary/aromatic N) is 2. The minimum Gasteiger partial charge on any atom is -0.370 e. The van der Waals surface area contributed by atoms with Crippen molar-refractivity contribution in [2.75, 3.05) is 18.9 Å². The van der Waals surface area contributed by atoms with Crippen molar-refractivity contribution in [2.24, 2.45) is 5.92 Å². The summed E-state index contributed by atoms with van der Waals surface area (Å²) < 4.78 is 26.7. The Morgan fingerprint density at radius 1 is 1.50 bits per heavy atom. The Morgan fingerprint density at radius 2 is 2.20 bits per heavy atom. The number of nitrogens with one attached hydrogen (secondary N) is 1. The maximum atomic E-state index is 12.6. The quantitative estimate of drug-likeness (QED) is 0.839. The second-order valence-electron chi connectivity index (χ2n) is 5.40. The molecule has 1 unspecified atom stereocenters. The zero-order valence-corrected chi connectivity index (χ0v) is 13.2. The normalized spacial score (nSPS) is 17.2. The highest BCUT2D eigenvalue weighted by molar-refractivity contribution is 7.89. The fourth-order valence-corrected chi connectivity index (χ4v) is 3.62. The molecule has 1 N–H and O–H groups in total. The van der Waals surface area contributed by atoms with Crippen molar-refractivity contribution in [1.82, 2.24) is 9.29 Å². The third kappa shape index (κ3) is 3.30. The van der Waals surface area contributed by atoms with Crippen LogP contribution in [0.3, 0.4) is 0 Å². The van der Waals surface area contributed by atoms with E-state index in [4.69, 9.17) is 0 Å². The molecule has 0 bridgehead atoms. The van der Waals surface area contributed by atoms with Crippen LogP contribution < -0.4 is 5.32 Å². The number of pyridine rings is 1. The summed E-state index contributed by atoms with van der Waals surface area (Å²) in [5.74, 6) is 1.12. The van der Waals surface area contributed by atoms with Gasteiger partial charge in [0.25, 0.3) is 0 Å². The third-order valence-electron chi connectivity index (χ3n) is 3.84. The van der Waals surface area contributed by atoms with E-state index in [1.807, 2.05) is 6.92 Å². The maximum Gasteiger partial charge on any atom is 0.243 e. The molecule has 5 nitrogen and oxygen atoms in total. The fraction of sp³-hybridized carbons (Fsp3) is 0.643. The SMILES string of the molecule is CCCNc1cc(S(=O)(=O)N(C)C(C)C2CC2)ccn1. The van der Waals surface area contributed by atoms with Gasteiger partial charge < -0.3 is 5.32 Å². The Hall–Kier alpha value is -1.14. The van der Waals surface area contributed by atoms with Gasteiger partial charge in [0.2, 0.25) is 10.0 Å². The number of hydrogen-bond donors (Lipinski definition) is 1. The standard InChI is InChI=1S/C14H23N3O2S/c1-4-8-15-14-10-13(7-9-16-14)20(18,19)17(3)11(2)12-5-6-12/h7,9-12H,4-6,8H2,1-3H3,(H,15,16). The van der Waals surface area contributed by atoms with Crippen LogP contribution in [-0.4, -0.2) is 37.3 Å². The molecular formula is C14H23N3O2S. The van der Waals surface area contributed by atoms with Gasteiger partial charge >= 0.3 is 0 Å². The van der Waals surface area contributed by atoms with Crippen molar-refractivity contribution in [3.63, 3.8) is 0 Å². The summed E-state index contributed by atoms with van der Waals surface area (Å²) >= 11 is 0. The van der Waals surface area contributed by atoms with Crippen LogP contribution in [0.25, 0.3) is 0 Å². The smallest absolute Gasteiger partial charge is 0.243 e. The van der Waals surface area contributed by atoms with Gasteiger partial charge in [0.05, 0.1) is 4.90 Å². The highest BCUT2D eigenvalue weighted by Crippen LogP contribution is 2.36. The zero-order valence-electron chi connectivity index (χ0n) is 12.3. The molecule has 112 valence electrons. The molecule has 0 radical (unpaired) electrons. The molecule has 1 aliphatic carbocycles. The van der Waals surface area contributed by atoms with Crippen LogP contribution in [0.5, 0.6) is 0 Å². The summed E-state index contributed by atoms with van der Waals surface area (Å²) in [6.07, 6.45) is 4.76. The lowest BCUT2D eigenvalue weighted by Gasteiger charge is -2.24. The summed E-state index contributed by atoms with van der Waals surface area (Å²) in [4.78, 5) is 4.45. The molecule has 1 aliphatic rings. The molecule has 0 saturated heterocycles. The monoisotopic (exact) mass is 297 g/mol. The molecule has 1 heterocycles. The van der Waals surface area contributed by atoms with Gasteiger partial charge in [-0.1, -0.05) is 6.92 Å². The van der Waals surface area contributed by atoms with Gasteiger partial charge in [0.15, 0.2) is 0 Å². The number of aromatic nitrogens is 1. The summed E-state index contributed by atoms with van der Waals surface area (Å²) in [7, 11) is -1.77. The highest BCUT2D eigenvalue weighted by atomic mass is 32.2. The van der Waals surface area contributed by atoms with Crippen molar-refractivity contribution in [3.05, 3.63) is 18.3 Å². The van der Waals surface area contributed by atoms with E-state index in [1.165, 1.54) is 4.31 Å². The Labute approximate surface area is 121 Å². The van der Waals surface area contributed by atoms with Gasteiger partial charge in [0.1, 0.15) is 5.82 Å². The van der Waals surface area contributed by atoms with E-state index in [9.17, 15) is 8.42 Å². The van der Waals surface area contributed by atoms with Crippen LogP contribution in [0, 0.1) is 5.92 Å². The van der Waals surface area contributed by atoms with Gasteiger partial charge in [0, 0.05) is 31.9 Å². The van der Waals surface area contributed by atoms with Crippen molar-refractivity contribution < 1.29 is 8.42 Å². The van der Waals surface area contributed by atoms with E-state index < -0.39 is 10.0 Å². The largest absolute Gasteiger partial charge is 0.370 e. The number of rotatable bonds is 7. The Morgan fingerprint density at radius 3 is 2.80 bits per heavy atom. The van der Waals surface area contributed by atoms with Gasteiger partial charge in [-0.25, -0.2) is 13.4 Å². The molecule has 0 aromatic carbocycles. The number of sulfonamides is 1. The average Bonchev–Trinajstić information content (AvgIpc) is 3.28. The Kier molecular flexibility index (Phi) is 4.65. The first-order valence-electron chi connectivity index (χ1n) is 7.14. The summed E-state index contributed by atoms with van der Waals surface area (Å²) in [5, 5.41) is 3.12. The molecule has 0 aliphatic heterocycles. The first-order valence-corrected chi connectivity index (χ1v) is 8.58. The first-order chi connectivity index (χ1) is 9.46. The molecule has 1 fully saturated rings. The van der Waals surface area contributed by atoms with Gasteiger partial charge in [-0.2, -0.15) is 4.31 Å². The predicted molar refractivity (Wildman–Crippen MR) is 80.2 cm³/mol. The fourth-order valence-electron chi connectivity index (χ4n) is 2.18. The van der Waals surface area contributed by atoms with Gasteiger partial charge in [-0.3, -0.25) is 0 Å². The molecule has 0 spiro atoms. The minimum absolute atomic E-state index is 0.0558. The molecule has 6 heteroatoms. The van der Waals surface area contributed by atoms with Crippen molar-refractivity contribution in [1.29, 1.82) is 0 Å². The molecule has 1 saturated carbocycles. The van der Waals surface area contributed by atoms with Crippen LogP contribution in [-0.2, 0) is 10.0 Å². The lowest BCUT2D eigenvalue weighted by molar-refractivity contribution is 0.357. The Balaban J connectivity index is 2.19. The van der Waals surface area contributed by atoms with Crippen LogP contribution in [0.15, 0.2) is 23.2 Å². The van der Waals surface area contributed by atoms with Crippen molar-refractivity contribution in [3.8, 4) is 0 Å². The summed E-state index contributed by atoms with van der Waals surface area (Å²) in [6.45, 7) is 4.82. The van der Waals surface area contributed by atoms with E-state index >= 15 is 0 Å². The molecule has 1 atom stereocenters. The second-order valence-corrected chi connectivity index (χ2v) is 7.40.